The first kappa shape index (κ1) is 18.3. The predicted molar refractivity (Wildman–Crippen MR) is 92.5 cm³/mol. The molecule has 2 rings (SSSR count). The highest BCUT2D eigenvalue weighted by molar-refractivity contribution is 5.71. The van der Waals surface area contributed by atoms with Gasteiger partial charge in [-0.05, 0) is 29.7 Å². The quantitative estimate of drug-likeness (QED) is 0.770. The zero-order valence-electron chi connectivity index (χ0n) is 14.0. The maximum absolute atomic E-state index is 11.3. The summed E-state index contributed by atoms with van der Waals surface area (Å²) in [6.07, 6.45) is -0.434. The smallest absolute Gasteiger partial charge is 0.407 e. The first-order chi connectivity index (χ1) is 12.1. The second-order valence-electron chi connectivity index (χ2n) is 5.55. The average molecular weight is 343 g/mol. The summed E-state index contributed by atoms with van der Waals surface area (Å²) in [5, 5.41) is 11.5. The van der Waals surface area contributed by atoms with Crippen LogP contribution in [0.15, 0.2) is 54.6 Å². The second-order valence-corrected chi connectivity index (χ2v) is 5.55. The molecule has 0 aliphatic rings. The lowest BCUT2D eigenvalue weighted by Gasteiger charge is -2.16. The number of methoxy groups -OCH3 is 1. The Bertz CT molecular complexity index is 685. The van der Waals surface area contributed by atoms with Crippen LogP contribution in [0.2, 0.25) is 0 Å². The fraction of sp³-hybridized carbons (Fsp3) is 0.263. The maximum atomic E-state index is 11.3. The van der Waals surface area contributed by atoms with Crippen LogP contribution in [0, 0.1) is 0 Å². The summed E-state index contributed by atoms with van der Waals surface area (Å²) in [6.45, 7) is 0.478. The molecule has 2 aromatic carbocycles. The molecule has 1 amide bonds. The third-order valence-corrected chi connectivity index (χ3v) is 3.58. The molecule has 0 bridgehead atoms. The third kappa shape index (κ3) is 6.55. The molecule has 0 aliphatic heterocycles. The molecule has 0 radical (unpaired) electrons. The highest BCUT2D eigenvalue weighted by Crippen LogP contribution is 2.16. The van der Waals surface area contributed by atoms with Crippen LogP contribution in [0.1, 0.15) is 17.5 Å². The molecule has 0 aromatic heterocycles. The van der Waals surface area contributed by atoms with Crippen LogP contribution in [-0.4, -0.2) is 30.3 Å². The normalized spacial score (nSPS) is 11.4. The number of carboxylic acids is 1. The summed E-state index contributed by atoms with van der Waals surface area (Å²) in [7, 11) is 1.24. The lowest BCUT2D eigenvalue weighted by Crippen LogP contribution is -2.37. The molecule has 2 aromatic rings. The van der Waals surface area contributed by atoms with Gasteiger partial charge in [-0.25, -0.2) is 4.79 Å². The summed E-state index contributed by atoms with van der Waals surface area (Å²) >= 11 is 0. The Morgan fingerprint density at radius 1 is 1.04 bits per heavy atom. The number of amides is 1. The molecule has 0 saturated carbocycles. The SMILES string of the molecule is COC(=O)NC(CC(=O)O)Cc1ccc(OCc2ccccc2)cc1. The number of carbonyl (C=O) groups excluding carboxylic acids is 1. The number of alkyl carbamates (subject to hydrolysis) is 1. The predicted octanol–water partition coefficient (Wildman–Crippen LogP) is 3.01. The van der Waals surface area contributed by atoms with Gasteiger partial charge in [-0.2, -0.15) is 0 Å². The first-order valence-corrected chi connectivity index (χ1v) is 7.88. The topological polar surface area (TPSA) is 84.9 Å². The lowest BCUT2D eigenvalue weighted by atomic mass is 10.0. The average Bonchev–Trinajstić information content (AvgIpc) is 2.61. The van der Waals surface area contributed by atoms with Gasteiger partial charge in [0.15, 0.2) is 0 Å². The third-order valence-electron chi connectivity index (χ3n) is 3.58. The Balaban J connectivity index is 1.92. The molecule has 0 heterocycles. The van der Waals surface area contributed by atoms with Crippen molar-refractivity contribution in [1.82, 2.24) is 5.32 Å². The lowest BCUT2D eigenvalue weighted by molar-refractivity contribution is -0.137. The van der Waals surface area contributed by atoms with Crippen LogP contribution in [-0.2, 0) is 22.6 Å². The van der Waals surface area contributed by atoms with Crippen molar-refractivity contribution in [2.75, 3.05) is 7.11 Å². The standard InChI is InChI=1S/C19H21NO5/c1-24-19(23)20-16(12-18(21)22)11-14-7-9-17(10-8-14)25-13-15-5-3-2-4-6-15/h2-10,16H,11-13H2,1H3,(H,20,23)(H,21,22). The summed E-state index contributed by atoms with van der Waals surface area (Å²) in [6, 6.07) is 16.7. The van der Waals surface area contributed by atoms with E-state index in [4.69, 9.17) is 9.84 Å². The Morgan fingerprint density at radius 2 is 1.72 bits per heavy atom. The Kier molecular flexibility index (Phi) is 6.83. The van der Waals surface area contributed by atoms with Crippen LogP contribution < -0.4 is 10.1 Å². The van der Waals surface area contributed by atoms with Gasteiger partial charge in [-0.3, -0.25) is 4.79 Å². The largest absolute Gasteiger partial charge is 0.489 e. The summed E-state index contributed by atoms with van der Waals surface area (Å²) in [5.41, 5.74) is 1.98. The number of hydrogen-bond donors (Lipinski definition) is 2. The van der Waals surface area contributed by atoms with Crippen LogP contribution in [0.25, 0.3) is 0 Å². The van der Waals surface area contributed by atoms with E-state index < -0.39 is 18.1 Å². The number of aliphatic carboxylic acids is 1. The molecule has 6 heteroatoms. The van der Waals surface area contributed by atoms with Crippen molar-refractivity contribution < 1.29 is 24.2 Å². The minimum Gasteiger partial charge on any atom is -0.489 e. The van der Waals surface area contributed by atoms with E-state index in [1.807, 2.05) is 54.6 Å². The van der Waals surface area contributed by atoms with Crippen molar-refractivity contribution in [3.8, 4) is 5.75 Å². The van der Waals surface area contributed by atoms with E-state index in [2.05, 4.69) is 10.1 Å². The second kappa shape index (κ2) is 9.32. The van der Waals surface area contributed by atoms with E-state index in [9.17, 15) is 9.59 Å². The van der Waals surface area contributed by atoms with Gasteiger partial charge in [0.25, 0.3) is 0 Å². The maximum Gasteiger partial charge on any atom is 0.407 e. The van der Waals surface area contributed by atoms with Crippen molar-refractivity contribution in [2.45, 2.75) is 25.5 Å². The number of carbonyl (C=O) groups is 2. The van der Waals surface area contributed by atoms with E-state index in [0.717, 1.165) is 16.9 Å². The first-order valence-electron chi connectivity index (χ1n) is 7.88. The molecule has 0 spiro atoms. The molecule has 6 nitrogen and oxygen atoms in total. The van der Waals surface area contributed by atoms with Gasteiger partial charge in [-0.15, -0.1) is 0 Å². The van der Waals surface area contributed by atoms with E-state index in [-0.39, 0.29) is 6.42 Å². The molecular weight excluding hydrogens is 322 g/mol. The van der Waals surface area contributed by atoms with E-state index >= 15 is 0 Å². The molecular formula is C19H21NO5. The summed E-state index contributed by atoms with van der Waals surface area (Å²) in [5.74, 6) is -0.257. The zero-order chi connectivity index (χ0) is 18.1. The molecule has 1 unspecified atom stereocenters. The molecule has 0 fully saturated rings. The number of rotatable bonds is 8. The van der Waals surface area contributed by atoms with Crippen molar-refractivity contribution in [2.24, 2.45) is 0 Å². The Hall–Kier alpha value is -3.02. The Labute approximate surface area is 146 Å². The van der Waals surface area contributed by atoms with Crippen molar-refractivity contribution in [1.29, 1.82) is 0 Å². The van der Waals surface area contributed by atoms with Gasteiger partial charge in [0, 0.05) is 6.04 Å². The summed E-state index contributed by atoms with van der Waals surface area (Å²) < 4.78 is 10.2. The number of hydrogen-bond acceptors (Lipinski definition) is 4. The van der Waals surface area contributed by atoms with Gasteiger partial charge in [-0.1, -0.05) is 42.5 Å². The molecule has 25 heavy (non-hydrogen) atoms. The zero-order valence-corrected chi connectivity index (χ0v) is 14.0. The fourth-order valence-corrected chi connectivity index (χ4v) is 2.36. The van der Waals surface area contributed by atoms with Gasteiger partial charge in [0.1, 0.15) is 12.4 Å². The fourth-order valence-electron chi connectivity index (χ4n) is 2.36. The van der Waals surface area contributed by atoms with Crippen LogP contribution >= 0.6 is 0 Å². The minimum absolute atomic E-state index is 0.179. The van der Waals surface area contributed by atoms with E-state index in [0.29, 0.717) is 13.0 Å². The monoisotopic (exact) mass is 343 g/mol. The van der Waals surface area contributed by atoms with Gasteiger partial charge in [0.05, 0.1) is 13.5 Å². The molecule has 0 aliphatic carbocycles. The van der Waals surface area contributed by atoms with Crippen LogP contribution in [0.3, 0.4) is 0 Å². The minimum atomic E-state index is -0.982. The van der Waals surface area contributed by atoms with Crippen molar-refractivity contribution in [3.63, 3.8) is 0 Å². The van der Waals surface area contributed by atoms with Crippen molar-refractivity contribution >= 4 is 12.1 Å². The molecule has 1 atom stereocenters. The number of benzene rings is 2. The van der Waals surface area contributed by atoms with Gasteiger partial charge < -0.3 is 19.9 Å². The van der Waals surface area contributed by atoms with Gasteiger partial charge >= 0.3 is 12.1 Å². The number of nitrogens with one attached hydrogen (secondary N) is 1. The van der Waals surface area contributed by atoms with Crippen LogP contribution in [0.4, 0.5) is 4.79 Å². The van der Waals surface area contributed by atoms with Crippen LogP contribution in [0.5, 0.6) is 5.75 Å². The Morgan fingerprint density at radius 3 is 2.32 bits per heavy atom. The van der Waals surface area contributed by atoms with Crippen molar-refractivity contribution in [3.05, 3.63) is 65.7 Å². The van der Waals surface area contributed by atoms with E-state index in [1.165, 1.54) is 7.11 Å². The summed E-state index contributed by atoms with van der Waals surface area (Å²) in [4.78, 5) is 22.3. The molecule has 132 valence electrons. The van der Waals surface area contributed by atoms with Gasteiger partial charge in [0.2, 0.25) is 0 Å². The molecule has 0 saturated heterocycles. The number of ether oxygens (including phenoxy) is 2. The molecule has 2 N–H and O–H groups in total. The highest BCUT2D eigenvalue weighted by Gasteiger charge is 2.17. The number of carboxylic acid groups (broad SMARTS) is 1. The highest BCUT2D eigenvalue weighted by atomic mass is 16.5. The van der Waals surface area contributed by atoms with E-state index in [1.54, 1.807) is 0 Å².